The zero-order valence-corrected chi connectivity index (χ0v) is 10.0. The lowest BCUT2D eigenvalue weighted by Crippen LogP contribution is -2.06. The molecule has 0 aliphatic carbocycles. The number of fused-ring (bicyclic) bond motifs is 1. The molecule has 1 aromatic carbocycles. The summed E-state index contributed by atoms with van der Waals surface area (Å²) in [6.45, 7) is 1.88. The number of esters is 1. The fourth-order valence-electron chi connectivity index (χ4n) is 1.47. The van der Waals surface area contributed by atoms with E-state index in [1.54, 1.807) is 6.92 Å². The zero-order valence-electron chi connectivity index (χ0n) is 9.27. The lowest BCUT2D eigenvalue weighted by atomic mass is 10.3. The van der Waals surface area contributed by atoms with E-state index >= 15 is 0 Å². The van der Waals surface area contributed by atoms with Gasteiger partial charge in [0.15, 0.2) is 0 Å². The van der Waals surface area contributed by atoms with Gasteiger partial charge in [0.25, 0.3) is 5.69 Å². The maximum atomic E-state index is 11.5. The topological polar surface area (TPSA) is 98.1 Å². The Balaban J connectivity index is 2.55. The molecule has 18 heavy (non-hydrogen) atoms. The van der Waals surface area contributed by atoms with Gasteiger partial charge in [0.2, 0.25) is 5.82 Å². The normalized spacial score (nSPS) is 10.6. The molecular weight excluding hydrogens is 262 g/mol. The second-order valence-corrected chi connectivity index (χ2v) is 3.74. The van der Waals surface area contributed by atoms with Gasteiger partial charge >= 0.3 is 5.97 Å². The number of carbonyl (C=O) groups excluding carboxylic acids is 1. The Kier molecular flexibility index (Phi) is 3.15. The van der Waals surface area contributed by atoms with Crippen molar-refractivity contribution in [3.05, 3.63) is 33.1 Å². The number of ether oxygens (including phenoxy) is 1. The fourth-order valence-corrected chi connectivity index (χ4v) is 1.74. The molecule has 0 amide bonds. The summed E-state index contributed by atoms with van der Waals surface area (Å²) in [4.78, 5) is 28.1. The van der Waals surface area contributed by atoms with E-state index in [1.165, 1.54) is 12.1 Å². The van der Waals surface area contributed by atoms with Crippen LogP contribution >= 0.6 is 11.6 Å². The molecule has 0 spiro atoms. The van der Waals surface area contributed by atoms with Crippen LogP contribution in [0.15, 0.2) is 12.1 Å². The first kappa shape index (κ1) is 12.3. The molecule has 0 radical (unpaired) electrons. The van der Waals surface area contributed by atoms with Crippen LogP contribution in [-0.2, 0) is 4.74 Å². The van der Waals surface area contributed by atoms with E-state index in [4.69, 9.17) is 16.3 Å². The van der Waals surface area contributed by atoms with Gasteiger partial charge in [-0.3, -0.25) is 10.1 Å². The van der Waals surface area contributed by atoms with E-state index in [2.05, 4.69) is 9.97 Å². The molecule has 0 saturated heterocycles. The predicted molar refractivity (Wildman–Crippen MR) is 63.7 cm³/mol. The number of aromatic amines is 1. The Bertz CT molecular complexity index is 637. The maximum absolute atomic E-state index is 11.5. The highest BCUT2D eigenvalue weighted by Gasteiger charge is 2.20. The smallest absolute Gasteiger partial charge is 0.374 e. The Labute approximate surface area is 106 Å². The number of nitrogens with one attached hydrogen (secondary N) is 1. The summed E-state index contributed by atoms with van der Waals surface area (Å²) in [5.41, 5.74) is 0.355. The molecule has 0 aliphatic heterocycles. The summed E-state index contributed by atoms with van der Waals surface area (Å²) >= 11 is 5.86. The number of carbonyl (C=O) groups is 1. The average Bonchev–Trinajstić information content (AvgIpc) is 2.74. The SMILES string of the molecule is CCOC(=O)c1nc2c(Cl)c([N+](=O)[O-])ccc2[nH]1. The van der Waals surface area contributed by atoms with Crippen molar-refractivity contribution in [3.63, 3.8) is 0 Å². The molecular formula is C10H8ClN3O4. The molecule has 2 aromatic rings. The number of hydrogen-bond acceptors (Lipinski definition) is 5. The van der Waals surface area contributed by atoms with Gasteiger partial charge < -0.3 is 9.72 Å². The van der Waals surface area contributed by atoms with Crippen LogP contribution < -0.4 is 0 Å². The third-order valence-electron chi connectivity index (χ3n) is 2.24. The molecule has 8 heteroatoms. The maximum Gasteiger partial charge on any atom is 0.374 e. The minimum atomic E-state index is -0.632. The van der Waals surface area contributed by atoms with Crippen LogP contribution in [0.2, 0.25) is 5.02 Å². The molecule has 94 valence electrons. The van der Waals surface area contributed by atoms with Crippen LogP contribution in [0.5, 0.6) is 0 Å². The number of nitrogens with zero attached hydrogens (tertiary/aromatic N) is 2. The zero-order chi connectivity index (χ0) is 13.3. The van der Waals surface area contributed by atoms with E-state index in [0.29, 0.717) is 5.52 Å². The van der Waals surface area contributed by atoms with Crippen LogP contribution in [0.1, 0.15) is 17.5 Å². The number of rotatable bonds is 3. The predicted octanol–water partition coefficient (Wildman–Crippen LogP) is 2.30. The molecule has 0 aliphatic rings. The van der Waals surface area contributed by atoms with Gasteiger partial charge in [-0.05, 0) is 13.0 Å². The monoisotopic (exact) mass is 269 g/mol. The second kappa shape index (κ2) is 4.61. The Morgan fingerprint density at radius 2 is 2.33 bits per heavy atom. The molecule has 2 rings (SSSR count). The van der Waals surface area contributed by atoms with Gasteiger partial charge in [-0.2, -0.15) is 0 Å². The molecule has 1 heterocycles. The van der Waals surface area contributed by atoms with Crippen molar-refractivity contribution >= 4 is 34.3 Å². The summed E-state index contributed by atoms with van der Waals surface area (Å²) < 4.78 is 4.77. The van der Waals surface area contributed by atoms with Gasteiger partial charge in [-0.25, -0.2) is 9.78 Å². The van der Waals surface area contributed by atoms with E-state index in [-0.39, 0.29) is 28.7 Å². The molecule has 0 unspecified atom stereocenters. The van der Waals surface area contributed by atoms with Gasteiger partial charge in [-0.1, -0.05) is 11.6 Å². The van der Waals surface area contributed by atoms with Crippen molar-refractivity contribution in [1.82, 2.24) is 9.97 Å². The van der Waals surface area contributed by atoms with Gasteiger partial charge in [-0.15, -0.1) is 0 Å². The van der Waals surface area contributed by atoms with Crippen LogP contribution in [0.25, 0.3) is 11.0 Å². The molecule has 7 nitrogen and oxygen atoms in total. The summed E-state index contributed by atoms with van der Waals surface area (Å²) in [6, 6.07) is 2.69. The number of aromatic nitrogens is 2. The first-order valence-corrected chi connectivity index (χ1v) is 5.42. The highest BCUT2D eigenvalue weighted by atomic mass is 35.5. The van der Waals surface area contributed by atoms with Crippen molar-refractivity contribution in [2.45, 2.75) is 6.92 Å². The number of benzene rings is 1. The summed E-state index contributed by atoms with van der Waals surface area (Å²) in [7, 11) is 0. The number of nitro groups is 1. The molecule has 0 atom stereocenters. The first-order valence-electron chi connectivity index (χ1n) is 5.04. The number of H-pyrrole nitrogens is 1. The minimum absolute atomic E-state index is 0.0331. The number of halogens is 1. The van der Waals surface area contributed by atoms with Crippen LogP contribution in [0, 0.1) is 10.1 Å². The van der Waals surface area contributed by atoms with Gasteiger partial charge in [0.1, 0.15) is 10.5 Å². The Morgan fingerprint density at radius 1 is 1.61 bits per heavy atom. The largest absolute Gasteiger partial charge is 0.460 e. The third-order valence-corrected chi connectivity index (χ3v) is 2.61. The highest BCUT2D eigenvalue weighted by molar-refractivity contribution is 6.37. The van der Waals surface area contributed by atoms with E-state index in [9.17, 15) is 14.9 Å². The standard InChI is InChI=1S/C10H8ClN3O4/c1-2-18-10(15)9-12-5-3-4-6(14(16)17)7(11)8(5)13-9/h3-4H,2H2,1H3,(H,12,13). The molecule has 0 saturated carbocycles. The number of imidazole rings is 1. The van der Waals surface area contributed by atoms with E-state index < -0.39 is 10.9 Å². The van der Waals surface area contributed by atoms with Crippen molar-refractivity contribution in [2.24, 2.45) is 0 Å². The lowest BCUT2D eigenvalue weighted by molar-refractivity contribution is -0.384. The second-order valence-electron chi connectivity index (χ2n) is 3.36. The highest BCUT2D eigenvalue weighted by Crippen LogP contribution is 2.31. The van der Waals surface area contributed by atoms with Gasteiger partial charge in [0, 0.05) is 6.07 Å². The lowest BCUT2D eigenvalue weighted by Gasteiger charge is -1.95. The van der Waals surface area contributed by atoms with E-state index in [1.807, 2.05) is 0 Å². The van der Waals surface area contributed by atoms with Crippen molar-refractivity contribution in [2.75, 3.05) is 6.61 Å². The average molecular weight is 270 g/mol. The summed E-state index contributed by atoms with van der Waals surface area (Å²) in [5.74, 6) is -0.665. The van der Waals surface area contributed by atoms with Gasteiger partial charge in [0.05, 0.1) is 17.0 Å². The third kappa shape index (κ3) is 2.00. The quantitative estimate of drug-likeness (QED) is 0.524. The van der Waals surface area contributed by atoms with Crippen LogP contribution in [0.3, 0.4) is 0 Å². The van der Waals surface area contributed by atoms with Crippen LogP contribution in [-0.4, -0.2) is 27.5 Å². The molecule has 0 bridgehead atoms. The number of hydrogen-bond donors (Lipinski definition) is 1. The summed E-state index contributed by atoms with van der Waals surface area (Å²) in [6.07, 6.45) is 0. The van der Waals surface area contributed by atoms with Crippen molar-refractivity contribution in [1.29, 1.82) is 0 Å². The fraction of sp³-hybridized carbons (Fsp3) is 0.200. The van der Waals surface area contributed by atoms with Crippen molar-refractivity contribution < 1.29 is 14.5 Å². The minimum Gasteiger partial charge on any atom is -0.460 e. The Morgan fingerprint density at radius 3 is 2.94 bits per heavy atom. The number of nitro benzene ring substituents is 1. The summed E-state index contributed by atoms with van der Waals surface area (Å²) in [5, 5.41) is 10.6. The first-order chi connectivity index (χ1) is 8.54. The Hall–Kier alpha value is -2.15. The molecule has 1 aromatic heterocycles. The molecule has 0 fully saturated rings. The molecule has 1 N–H and O–H groups in total. The van der Waals surface area contributed by atoms with Crippen LogP contribution in [0.4, 0.5) is 5.69 Å². The van der Waals surface area contributed by atoms with Crippen molar-refractivity contribution in [3.8, 4) is 0 Å². The van der Waals surface area contributed by atoms with E-state index in [0.717, 1.165) is 0 Å².